The molecule has 2 N–H and O–H groups in total. The Labute approximate surface area is 195 Å². The number of ether oxygens (including phenoxy) is 1. The molecule has 160 valence electrons. The summed E-state index contributed by atoms with van der Waals surface area (Å²) in [6.07, 6.45) is 3.41. The maximum Gasteiger partial charge on any atom is 0.191 e. The molecule has 2 atom stereocenters. The minimum Gasteiger partial charge on any atom is -0.373 e. The first-order chi connectivity index (χ1) is 13.7. The van der Waals surface area contributed by atoms with Crippen LogP contribution >= 0.6 is 35.3 Å². The number of rotatable bonds is 7. The number of hydrogen-bond acceptors (Lipinski definition) is 4. The largest absolute Gasteiger partial charge is 0.373 e. The third-order valence-corrected chi connectivity index (χ3v) is 6.07. The molecule has 1 aromatic carbocycles. The van der Waals surface area contributed by atoms with Crippen LogP contribution in [-0.4, -0.2) is 30.6 Å². The first kappa shape index (κ1) is 24.1. The summed E-state index contributed by atoms with van der Waals surface area (Å²) < 4.78 is 6.14. The van der Waals surface area contributed by atoms with E-state index in [-0.39, 0.29) is 30.1 Å². The number of hydrogen-bond donors (Lipinski definition) is 2. The summed E-state index contributed by atoms with van der Waals surface area (Å²) >= 11 is 1.71. The van der Waals surface area contributed by atoms with E-state index < -0.39 is 0 Å². The molecule has 2 aromatic rings. The van der Waals surface area contributed by atoms with Crippen molar-refractivity contribution in [2.45, 2.75) is 52.7 Å². The summed E-state index contributed by atoms with van der Waals surface area (Å²) in [5.74, 6) is 1.29. The van der Waals surface area contributed by atoms with Crippen LogP contribution in [0.15, 0.2) is 34.6 Å². The SMILES string of the molecule is CCNC(=NCc1csc(CC)n1)NCC1CCCOC1c1ccc(C)cc1.I. The highest BCUT2D eigenvalue weighted by Gasteiger charge is 2.27. The zero-order valence-electron chi connectivity index (χ0n) is 17.6. The molecule has 0 aliphatic carbocycles. The molecule has 1 aliphatic heterocycles. The number of nitrogens with one attached hydrogen (secondary N) is 2. The zero-order chi connectivity index (χ0) is 19.8. The van der Waals surface area contributed by atoms with E-state index in [2.05, 4.69) is 66.0 Å². The molecule has 5 nitrogen and oxygen atoms in total. The van der Waals surface area contributed by atoms with E-state index >= 15 is 0 Å². The van der Waals surface area contributed by atoms with Crippen LogP contribution in [-0.2, 0) is 17.7 Å². The zero-order valence-corrected chi connectivity index (χ0v) is 20.8. The molecule has 1 saturated heterocycles. The topological polar surface area (TPSA) is 58.5 Å². The Hall–Kier alpha value is -1.19. The molecule has 1 fully saturated rings. The van der Waals surface area contributed by atoms with Gasteiger partial charge in [0, 0.05) is 31.0 Å². The smallest absolute Gasteiger partial charge is 0.191 e. The normalized spacial score (nSPS) is 19.5. The number of halogens is 1. The van der Waals surface area contributed by atoms with Crippen LogP contribution in [0.4, 0.5) is 0 Å². The fourth-order valence-corrected chi connectivity index (χ4v) is 4.23. The lowest BCUT2D eigenvalue weighted by atomic mass is 9.89. The fraction of sp³-hybridized carbons (Fsp3) is 0.545. The van der Waals surface area contributed by atoms with Gasteiger partial charge in [0.15, 0.2) is 5.96 Å². The number of guanidine groups is 1. The first-order valence-corrected chi connectivity index (χ1v) is 11.2. The Morgan fingerprint density at radius 3 is 2.72 bits per heavy atom. The van der Waals surface area contributed by atoms with Gasteiger partial charge in [0.25, 0.3) is 0 Å². The molecule has 1 aliphatic rings. The van der Waals surface area contributed by atoms with Crippen molar-refractivity contribution in [3.8, 4) is 0 Å². The van der Waals surface area contributed by atoms with Crippen LogP contribution in [0.1, 0.15) is 54.6 Å². The van der Waals surface area contributed by atoms with Gasteiger partial charge in [0.1, 0.15) is 0 Å². The molecule has 0 amide bonds. The van der Waals surface area contributed by atoms with Crippen LogP contribution in [0.3, 0.4) is 0 Å². The predicted molar refractivity (Wildman–Crippen MR) is 132 cm³/mol. The van der Waals surface area contributed by atoms with Crippen molar-refractivity contribution in [2.24, 2.45) is 10.9 Å². The summed E-state index contributed by atoms with van der Waals surface area (Å²) in [5.41, 5.74) is 3.59. The van der Waals surface area contributed by atoms with E-state index in [1.54, 1.807) is 11.3 Å². The van der Waals surface area contributed by atoms with Gasteiger partial charge in [-0.1, -0.05) is 36.8 Å². The van der Waals surface area contributed by atoms with E-state index in [1.165, 1.54) is 16.1 Å². The van der Waals surface area contributed by atoms with E-state index in [9.17, 15) is 0 Å². The fourth-order valence-electron chi connectivity index (χ4n) is 3.49. The van der Waals surface area contributed by atoms with Crippen molar-refractivity contribution in [3.63, 3.8) is 0 Å². The van der Waals surface area contributed by atoms with Crippen molar-refractivity contribution >= 4 is 41.3 Å². The number of benzene rings is 1. The summed E-state index contributed by atoms with van der Waals surface area (Å²) in [4.78, 5) is 9.33. The quantitative estimate of drug-likeness (QED) is 0.307. The Morgan fingerprint density at radius 1 is 1.24 bits per heavy atom. The van der Waals surface area contributed by atoms with Crippen LogP contribution in [0.2, 0.25) is 0 Å². The van der Waals surface area contributed by atoms with E-state index in [0.717, 1.165) is 50.6 Å². The monoisotopic (exact) mass is 528 g/mol. The molecule has 0 bridgehead atoms. The summed E-state index contributed by atoms with van der Waals surface area (Å²) in [6.45, 7) is 9.48. The number of aromatic nitrogens is 1. The molecule has 0 radical (unpaired) electrons. The van der Waals surface area contributed by atoms with Crippen molar-refractivity contribution in [2.75, 3.05) is 19.7 Å². The second-order valence-corrected chi connectivity index (χ2v) is 8.21. The van der Waals surface area contributed by atoms with Gasteiger partial charge in [-0.2, -0.15) is 0 Å². The lowest BCUT2D eigenvalue weighted by Gasteiger charge is -2.32. The van der Waals surface area contributed by atoms with E-state index in [4.69, 9.17) is 9.73 Å². The van der Waals surface area contributed by atoms with Crippen LogP contribution in [0.5, 0.6) is 0 Å². The predicted octanol–water partition coefficient (Wildman–Crippen LogP) is 4.85. The van der Waals surface area contributed by atoms with Gasteiger partial charge in [-0.3, -0.25) is 0 Å². The second-order valence-electron chi connectivity index (χ2n) is 7.27. The van der Waals surface area contributed by atoms with Crippen LogP contribution in [0, 0.1) is 12.8 Å². The van der Waals surface area contributed by atoms with Gasteiger partial charge >= 0.3 is 0 Å². The number of aliphatic imine (C=N–C) groups is 1. The van der Waals surface area contributed by atoms with Crippen molar-refractivity contribution < 1.29 is 4.74 Å². The Morgan fingerprint density at radius 2 is 2.03 bits per heavy atom. The first-order valence-electron chi connectivity index (χ1n) is 10.3. The lowest BCUT2D eigenvalue weighted by molar-refractivity contribution is -0.0265. The number of aryl methyl sites for hydroxylation is 2. The van der Waals surface area contributed by atoms with Gasteiger partial charge < -0.3 is 15.4 Å². The van der Waals surface area contributed by atoms with Gasteiger partial charge in [0.2, 0.25) is 0 Å². The van der Waals surface area contributed by atoms with Gasteiger partial charge in [-0.15, -0.1) is 35.3 Å². The Bertz CT molecular complexity index is 762. The second kappa shape index (κ2) is 12.5. The number of thiazole rings is 1. The molecule has 2 heterocycles. The minimum absolute atomic E-state index is 0. The highest BCUT2D eigenvalue weighted by atomic mass is 127. The third kappa shape index (κ3) is 7.22. The lowest BCUT2D eigenvalue weighted by Crippen LogP contribution is -2.42. The maximum absolute atomic E-state index is 6.14. The van der Waals surface area contributed by atoms with Crippen molar-refractivity contribution in [1.82, 2.24) is 15.6 Å². The highest BCUT2D eigenvalue weighted by molar-refractivity contribution is 14.0. The number of nitrogens with zero attached hydrogens (tertiary/aromatic N) is 2. The van der Waals surface area contributed by atoms with Crippen LogP contribution in [0.25, 0.3) is 0 Å². The molecule has 2 unspecified atom stereocenters. The third-order valence-electron chi connectivity index (χ3n) is 5.03. The molecule has 0 spiro atoms. The van der Waals surface area contributed by atoms with Crippen LogP contribution < -0.4 is 10.6 Å². The molecule has 3 rings (SSSR count). The maximum atomic E-state index is 6.14. The van der Waals surface area contributed by atoms with Gasteiger partial charge in [0.05, 0.1) is 23.4 Å². The van der Waals surface area contributed by atoms with Gasteiger partial charge in [-0.05, 0) is 38.7 Å². The average molecular weight is 529 g/mol. The summed E-state index contributed by atoms with van der Waals surface area (Å²) in [5, 5.41) is 10.2. The molecular weight excluding hydrogens is 495 g/mol. The van der Waals surface area contributed by atoms with E-state index in [0.29, 0.717) is 12.5 Å². The summed E-state index contributed by atoms with van der Waals surface area (Å²) in [6, 6.07) is 8.74. The molecule has 1 aromatic heterocycles. The highest BCUT2D eigenvalue weighted by Crippen LogP contribution is 2.33. The molecule has 29 heavy (non-hydrogen) atoms. The standard InChI is InChI=1S/C22H32N4OS.HI/c1-4-20-26-19(15-28-20)14-25-22(23-5-2)24-13-18-7-6-12-27-21(18)17-10-8-16(3)9-11-17;/h8-11,15,18,21H,4-7,12-14H2,1-3H3,(H2,23,24,25);1H. The molecule has 7 heteroatoms. The Balaban J connectivity index is 0.00000300. The summed E-state index contributed by atoms with van der Waals surface area (Å²) in [7, 11) is 0. The Kier molecular flexibility index (Phi) is 10.4. The average Bonchev–Trinajstić information content (AvgIpc) is 3.19. The molecular formula is C22H33IN4OS. The van der Waals surface area contributed by atoms with Crippen molar-refractivity contribution in [3.05, 3.63) is 51.5 Å². The van der Waals surface area contributed by atoms with E-state index in [1.807, 2.05) is 0 Å². The molecule has 0 saturated carbocycles. The van der Waals surface area contributed by atoms with Crippen molar-refractivity contribution in [1.29, 1.82) is 0 Å². The minimum atomic E-state index is 0. The van der Waals surface area contributed by atoms with Gasteiger partial charge in [-0.25, -0.2) is 9.98 Å².